The molecule has 1 saturated carbocycles. The summed E-state index contributed by atoms with van der Waals surface area (Å²) in [5, 5.41) is 5.88. The minimum Gasteiger partial charge on any atom is -0.492 e. The third kappa shape index (κ3) is 3.03. The molecular formula is C15H19ClF2N2O2. The Morgan fingerprint density at radius 2 is 2.05 bits per heavy atom. The zero-order valence-corrected chi connectivity index (χ0v) is 13.1. The molecule has 4 nitrogen and oxygen atoms in total. The quantitative estimate of drug-likeness (QED) is 0.895. The fraction of sp³-hybridized carbons (Fsp3) is 0.533. The van der Waals surface area contributed by atoms with Gasteiger partial charge >= 0.3 is 0 Å². The second-order valence-corrected chi connectivity index (χ2v) is 5.83. The molecule has 1 aromatic carbocycles. The van der Waals surface area contributed by atoms with Crippen molar-refractivity contribution < 1.29 is 18.3 Å². The van der Waals surface area contributed by atoms with Gasteiger partial charge in [-0.2, -0.15) is 0 Å². The molecule has 1 heterocycles. The Labute approximate surface area is 134 Å². The van der Waals surface area contributed by atoms with E-state index < -0.39 is 11.6 Å². The highest BCUT2D eigenvalue weighted by molar-refractivity contribution is 5.96. The van der Waals surface area contributed by atoms with E-state index in [4.69, 9.17) is 4.74 Å². The number of piperidine rings is 1. The summed E-state index contributed by atoms with van der Waals surface area (Å²) in [6.07, 6.45) is 2.79. The molecule has 7 heteroatoms. The van der Waals surface area contributed by atoms with Crippen LogP contribution in [0.25, 0.3) is 0 Å². The van der Waals surface area contributed by atoms with Crippen LogP contribution in [0.4, 0.5) is 14.5 Å². The largest absolute Gasteiger partial charge is 0.492 e. The van der Waals surface area contributed by atoms with Gasteiger partial charge in [-0.25, -0.2) is 8.78 Å². The van der Waals surface area contributed by atoms with Crippen molar-refractivity contribution in [1.82, 2.24) is 5.32 Å². The predicted octanol–water partition coefficient (Wildman–Crippen LogP) is 2.72. The van der Waals surface area contributed by atoms with E-state index in [1.807, 2.05) is 0 Å². The highest BCUT2D eigenvalue weighted by atomic mass is 35.5. The van der Waals surface area contributed by atoms with Crippen LogP contribution in [0.1, 0.15) is 19.3 Å². The topological polar surface area (TPSA) is 50.4 Å². The van der Waals surface area contributed by atoms with Gasteiger partial charge in [0.05, 0.1) is 12.8 Å². The first-order valence-electron chi connectivity index (χ1n) is 7.10. The summed E-state index contributed by atoms with van der Waals surface area (Å²) in [5.74, 6) is -1.95. The maximum Gasteiger partial charge on any atom is 0.228 e. The minimum atomic E-state index is -0.819. The molecule has 2 fully saturated rings. The van der Waals surface area contributed by atoms with Crippen molar-refractivity contribution in [1.29, 1.82) is 0 Å². The van der Waals surface area contributed by atoms with Crippen LogP contribution in [0.2, 0.25) is 0 Å². The SMILES string of the molecule is COc1c(F)cc(F)cc1NC(=O)C1CC12CCNCC2.Cl. The van der Waals surface area contributed by atoms with E-state index in [-0.39, 0.29) is 41.1 Å². The summed E-state index contributed by atoms with van der Waals surface area (Å²) in [4.78, 5) is 12.3. The molecule has 122 valence electrons. The van der Waals surface area contributed by atoms with Gasteiger partial charge in [-0.3, -0.25) is 4.79 Å². The summed E-state index contributed by atoms with van der Waals surface area (Å²) < 4.78 is 31.8. The molecule has 1 amide bonds. The second-order valence-electron chi connectivity index (χ2n) is 5.83. The zero-order valence-electron chi connectivity index (χ0n) is 12.2. The third-order valence-electron chi connectivity index (χ3n) is 4.58. The predicted molar refractivity (Wildman–Crippen MR) is 81.4 cm³/mol. The molecule has 1 spiro atoms. The number of rotatable bonds is 3. The molecule has 1 aliphatic carbocycles. The summed E-state index contributed by atoms with van der Waals surface area (Å²) in [6.45, 7) is 1.84. The lowest BCUT2D eigenvalue weighted by atomic mass is 9.92. The number of amides is 1. The van der Waals surface area contributed by atoms with Crippen LogP contribution in [-0.4, -0.2) is 26.1 Å². The average Bonchev–Trinajstić information content (AvgIpc) is 3.13. The van der Waals surface area contributed by atoms with Crippen molar-refractivity contribution in [2.75, 3.05) is 25.5 Å². The van der Waals surface area contributed by atoms with E-state index in [0.29, 0.717) is 0 Å². The van der Waals surface area contributed by atoms with Gasteiger partial charge in [0, 0.05) is 18.1 Å². The van der Waals surface area contributed by atoms with Gasteiger partial charge in [-0.15, -0.1) is 12.4 Å². The van der Waals surface area contributed by atoms with Gasteiger partial charge in [-0.05, 0) is 37.8 Å². The maximum absolute atomic E-state index is 13.6. The van der Waals surface area contributed by atoms with Gasteiger partial charge in [0.1, 0.15) is 5.82 Å². The first-order chi connectivity index (χ1) is 10.1. The van der Waals surface area contributed by atoms with Crippen LogP contribution in [-0.2, 0) is 4.79 Å². The molecule has 1 aliphatic heterocycles. The maximum atomic E-state index is 13.6. The van der Waals surface area contributed by atoms with Gasteiger partial charge in [0.2, 0.25) is 5.91 Å². The second kappa shape index (κ2) is 6.38. The molecule has 1 aromatic rings. The van der Waals surface area contributed by atoms with Crippen LogP contribution >= 0.6 is 12.4 Å². The number of carbonyl (C=O) groups excluding carboxylic acids is 1. The van der Waals surface area contributed by atoms with E-state index in [1.54, 1.807) is 0 Å². The highest BCUT2D eigenvalue weighted by Crippen LogP contribution is 2.58. The van der Waals surface area contributed by atoms with Crippen molar-refractivity contribution in [3.8, 4) is 5.75 Å². The molecule has 22 heavy (non-hydrogen) atoms. The molecule has 2 aliphatic rings. The average molecular weight is 333 g/mol. The summed E-state index contributed by atoms with van der Waals surface area (Å²) in [5.41, 5.74) is 0.130. The van der Waals surface area contributed by atoms with Gasteiger partial charge in [0.15, 0.2) is 11.6 Å². The van der Waals surface area contributed by atoms with E-state index >= 15 is 0 Å². The van der Waals surface area contributed by atoms with Crippen LogP contribution in [0.5, 0.6) is 5.75 Å². The van der Waals surface area contributed by atoms with E-state index in [0.717, 1.165) is 44.5 Å². The number of anilines is 1. The Bertz CT molecular complexity index is 577. The van der Waals surface area contributed by atoms with E-state index in [2.05, 4.69) is 10.6 Å². The normalized spacial score (nSPS) is 21.9. The first kappa shape index (κ1) is 17.0. The van der Waals surface area contributed by atoms with Crippen LogP contribution < -0.4 is 15.4 Å². The number of carbonyl (C=O) groups is 1. The number of methoxy groups -OCH3 is 1. The Balaban J connectivity index is 0.00000176. The number of benzene rings is 1. The number of halogens is 3. The fourth-order valence-corrected chi connectivity index (χ4v) is 3.28. The minimum absolute atomic E-state index is 0. The van der Waals surface area contributed by atoms with E-state index in [1.165, 1.54) is 7.11 Å². The third-order valence-corrected chi connectivity index (χ3v) is 4.58. The monoisotopic (exact) mass is 332 g/mol. The van der Waals surface area contributed by atoms with Crippen molar-refractivity contribution in [2.24, 2.45) is 11.3 Å². The van der Waals surface area contributed by atoms with Crippen LogP contribution in [0.3, 0.4) is 0 Å². The van der Waals surface area contributed by atoms with Crippen molar-refractivity contribution in [2.45, 2.75) is 19.3 Å². The number of hydrogen-bond donors (Lipinski definition) is 2. The zero-order chi connectivity index (χ0) is 15.0. The molecule has 1 unspecified atom stereocenters. The smallest absolute Gasteiger partial charge is 0.228 e. The standard InChI is InChI=1S/C15H18F2N2O2.ClH/c1-21-13-11(17)6-9(16)7-12(13)19-14(20)10-8-15(10)2-4-18-5-3-15;/h6-7,10,18H,2-5,8H2,1H3,(H,19,20);1H. The van der Waals surface area contributed by atoms with Gasteiger partial charge in [-0.1, -0.05) is 0 Å². The van der Waals surface area contributed by atoms with Crippen molar-refractivity contribution >= 4 is 24.0 Å². The lowest BCUT2D eigenvalue weighted by molar-refractivity contribution is -0.118. The number of ether oxygens (including phenoxy) is 1. The van der Waals surface area contributed by atoms with Crippen molar-refractivity contribution in [3.63, 3.8) is 0 Å². The number of nitrogens with one attached hydrogen (secondary N) is 2. The van der Waals surface area contributed by atoms with E-state index in [9.17, 15) is 13.6 Å². The Hall–Kier alpha value is -1.40. The molecule has 1 atom stereocenters. The molecule has 0 bridgehead atoms. The summed E-state index contributed by atoms with van der Waals surface area (Å²) in [6, 6.07) is 1.82. The lowest BCUT2D eigenvalue weighted by Gasteiger charge is -2.23. The molecule has 0 radical (unpaired) electrons. The molecule has 0 aromatic heterocycles. The Kier molecular flexibility index (Phi) is 4.92. The lowest BCUT2D eigenvalue weighted by Crippen LogP contribution is -2.31. The highest BCUT2D eigenvalue weighted by Gasteiger charge is 2.57. The Morgan fingerprint density at radius 3 is 2.68 bits per heavy atom. The summed E-state index contributed by atoms with van der Waals surface area (Å²) in [7, 11) is 1.29. The summed E-state index contributed by atoms with van der Waals surface area (Å²) >= 11 is 0. The van der Waals surface area contributed by atoms with Crippen LogP contribution in [0, 0.1) is 23.0 Å². The van der Waals surface area contributed by atoms with Gasteiger partial charge in [0.25, 0.3) is 0 Å². The first-order valence-corrected chi connectivity index (χ1v) is 7.10. The molecule has 1 saturated heterocycles. The molecule has 3 rings (SSSR count). The van der Waals surface area contributed by atoms with Gasteiger partial charge < -0.3 is 15.4 Å². The molecular weight excluding hydrogens is 314 g/mol. The number of hydrogen-bond acceptors (Lipinski definition) is 3. The molecule has 2 N–H and O–H groups in total. The Morgan fingerprint density at radius 1 is 1.36 bits per heavy atom. The fourth-order valence-electron chi connectivity index (χ4n) is 3.28. The van der Waals surface area contributed by atoms with Crippen LogP contribution in [0.15, 0.2) is 12.1 Å². The van der Waals surface area contributed by atoms with Crippen molar-refractivity contribution in [3.05, 3.63) is 23.8 Å².